The number of rotatable bonds is 5. The second-order valence-electron chi connectivity index (χ2n) is 5.17. The summed E-state index contributed by atoms with van der Waals surface area (Å²) in [4.78, 5) is 11.9. The molecule has 1 atom stereocenters. The molecule has 1 saturated carbocycles. The minimum atomic E-state index is -0.0634. The first-order valence-corrected chi connectivity index (χ1v) is 7.32. The monoisotopic (exact) mass is 280 g/mol. The normalized spacial score (nSPS) is 17.4. The van der Waals surface area contributed by atoms with Gasteiger partial charge in [0.15, 0.2) is 0 Å². The maximum Gasteiger partial charge on any atom is 0.234 e. The lowest BCUT2D eigenvalue weighted by atomic mass is 10.1. The number of nitrogens with one attached hydrogen (secondary N) is 2. The summed E-state index contributed by atoms with van der Waals surface area (Å²) < 4.78 is 0. The maximum atomic E-state index is 11.9. The van der Waals surface area contributed by atoms with E-state index in [2.05, 4.69) is 10.6 Å². The van der Waals surface area contributed by atoms with E-state index in [1.165, 1.54) is 25.7 Å². The van der Waals surface area contributed by atoms with E-state index in [0.29, 0.717) is 17.6 Å². The topological polar surface area (TPSA) is 41.1 Å². The van der Waals surface area contributed by atoms with E-state index < -0.39 is 0 Å². The molecule has 2 rings (SSSR count). The van der Waals surface area contributed by atoms with Crippen LogP contribution in [0.5, 0.6) is 0 Å². The zero-order valence-electron chi connectivity index (χ0n) is 11.3. The zero-order chi connectivity index (χ0) is 13.7. The van der Waals surface area contributed by atoms with Crippen molar-refractivity contribution in [2.45, 2.75) is 44.7 Å². The van der Waals surface area contributed by atoms with E-state index in [4.69, 9.17) is 11.6 Å². The van der Waals surface area contributed by atoms with Crippen molar-refractivity contribution in [3.8, 4) is 0 Å². The molecule has 0 saturated heterocycles. The Bertz CT molecular complexity index is 430. The first-order chi connectivity index (χ1) is 9.16. The van der Waals surface area contributed by atoms with Gasteiger partial charge in [-0.25, -0.2) is 0 Å². The van der Waals surface area contributed by atoms with Crippen LogP contribution in [-0.4, -0.2) is 18.5 Å². The summed E-state index contributed by atoms with van der Waals surface area (Å²) in [5.74, 6) is 0.0271. The van der Waals surface area contributed by atoms with E-state index in [-0.39, 0.29) is 11.9 Å². The molecule has 0 unspecified atom stereocenters. The maximum absolute atomic E-state index is 11.9. The van der Waals surface area contributed by atoms with Crippen molar-refractivity contribution in [1.29, 1.82) is 0 Å². The number of carbonyl (C=O) groups is 1. The summed E-state index contributed by atoms with van der Waals surface area (Å²) in [6.07, 6.45) is 4.92. The van der Waals surface area contributed by atoms with Crippen molar-refractivity contribution in [1.82, 2.24) is 10.6 Å². The van der Waals surface area contributed by atoms with Gasteiger partial charge in [0.05, 0.1) is 12.6 Å². The summed E-state index contributed by atoms with van der Waals surface area (Å²) in [6.45, 7) is 2.34. The van der Waals surface area contributed by atoms with E-state index in [1.54, 1.807) is 0 Å². The van der Waals surface area contributed by atoms with Crippen LogP contribution in [0, 0.1) is 0 Å². The number of carbonyl (C=O) groups excluding carboxylic acids is 1. The van der Waals surface area contributed by atoms with Crippen molar-refractivity contribution in [2.75, 3.05) is 6.54 Å². The highest BCUT2D eigenvalue weighted by atomic mass is 35.5. The molecule has 0 bridgehead atoms. The van der Waals surface area contributed by atoms with Gasteiger partial charge in [0, 0.05) is 11.1 Å². The Labute approximate surface area is 119 Å². The lowest BCUT2D eigenvalue weighted by Crippen LogP contribution is -2.39. The molecule has 0 aliphatic heterocycles. The quantitative estimate of drug-likeness (QED) is 0.870. The van der Waals surface area contributed by atoms with Gasteiger partial charge in [-0.3, -0.25) is 4.79 Å². The van der Waals surface area contributed by atoms with Crippen molar-refractivity contribution in [3.05, 3.63) is 34.9 Å². The highest BCUT2D eigenvalue weighted by molar-refractivity contribution is 6.31. The molecule has 104 valence electrons. The average molecular weight is 281 g/mol. The van der Waals surface area contributed by atoms with E-state index in [0.717, 1.165) is 5.56 Å². The molecule has 0 aromatic heterocycles. The summed E-state index contributed by atoms with van der Waals surface area (Å²) >= 11 is 6.12. The molecule has 1 aliphatic rings. The van der Waals surface area contributed by atoms with Crippen LogP contribution in [0.15, 0.2) is 24.3 Å². The third-order valence-electron chi connectivity index (χ3n) is 3.66. The van der Waals surface area contributed by atoms with E-state index >= 15 is 0 Å². The molecule has 2 N–H and O–H groups in total. The zero-order valence-corrected chi connectivity index (χ0v) is 12.0. The van der Waals surface area contributed by atoms with Crippen molar-refractivity contribution in [3.63, 3.8) is 0 Å². The van der Waals surface area contributed by atoms with Crippen molar-refractivity contribution >= 4 is 17.5 Å². The summed E-state index contributed by atoms with van der Waals surface area (Å²) in [5.41, 5.74) is 0.957. The van der Waals surface area contributed by atoms with Gasteiger partial charge in [0.25, 0.3) is 0 Å². The van der Waals surface area contributed by atoms with Gasteiger partial charge in [-0.2, -0.15) is 0 Å². The van der Waals surface area contributed by atoms with Gasteiger partial charge in [0.2, 0.25) is 5.91 Å². The Hall–Kier alpha value is -1.06. The fraction of sp³-hybridized carbons (Fsp3) is 0.533. The number of hydrogen-bond donors (Lipinski definition) is 2. The minimum absolute atomic E-state index is 0.0271. The summed E-state index contributed by atoms with van der Waals surface area (Å²) in [5, 5.41) is 6.98. The highest BCUT2D eigenvalue weighted by Gasteiger charge is 2.16. The molecule has 1 aromatic rings. The fourth-order valence-electron chi connectivity index (χ4n) is 2.56. The lowest BCUT2D eigenvalue weighted by Gasteiger charge is -2.17. The molecule has 3 nitrogen and oxygen atoms in total. The molecular weight excluding hydrogens is 260 g/mol. The Balaban J connectivity index is 1.79. The molecule has 4 heteroatoms. The first-order valence-electron chi connectivity index (χ1n) is 6.94. The fourth-order valence-corrected chi connectivity index (χ4v) is 2.86. The van der Waals surface area contributed by atoms with Crippen molar-refractivity contribution in [2.24, 2.45) is 0 Å². The second kappa shape index (κ2) is 6.92. The number of benzene rings is 1. The Morgan fingerprint density at radius 1 is 1.37 bits per heavy atom. The van der Waals surface area contributed by atoms with Crippen LogP contribution in [-0.2, 0) is 4.79 Å². The van der Waals surface area contributed by atoms with Gasteiger partial charge in [-0.05, 0) is 31.4 Å². The molecule has 1 aliphatic carbocycles. The largest absolute Gasteiger partial charge is 0.348 e. The SMILES string of the molecule is C[C@H](NC(=O)CNC1CCCC1)c1ccccc1Cl. The molecule has 19 heavy (non-hydrogen) atoms. The van der Waals surface area contributed by atoms with Crippen molar-refractivity contribution < 1.29 is 4.79 Å². The van der Waals surface area contributed by atoms with Crippen LogP contribution in [0.2, 0.25) is 5.02 Å². The minimum Gasteiger partial charge on any atom is -0.348 e. The molecular formula is C15H21ClN2O. The van der Waals surface area contributed by atoms with E-state index in [1.807, 2.05) is 31.2 Å². The van der Waals surface area contributed by atoms with Gasteiger partial charge < -0.3 is 10.6 Å². The average Bonchev–Trinajstić information content (AvgIpc) is 2.90. The predicted molar refractivity (Wildman–Crippen MR) is 78.3 cm³/mol. The van der Waals surface area contributed by atoms with Crippen LogP contribution >= 0.6 is 11.6 Å². The molecule has 1 amide bonds. The molecule has 1 fully saturated rings. The van der Waals surface area contributed by atoms with Crippen LogP contribution in [0.4, 0.5) is 0 Å². The Morgan fingerprint density at radius 3 is 2.74 bits per heavy atom. The molecule has 0 heterocycles. The standard InChI is InChI=1S/C15H21ClN2O/c1-11(13-8-4-5-9-14(13)16)18-15(19)10-17-12-6-2-3-7-12/h4-5,8-9,11-12,17H,2-3,6-7,10H2,1H3,(H,18,19)/t11-/m0/s1. The van der Waals surface area contributed by atoms with Gasteiger partial charge in [0.1, 0.15) is 0 Å². The van der Waals surface area contributed by atoms with Crippen LogP contribution in [0.3, 0.4) is 0 Å². The highest BCUT2D eigenvalue weighted by Crippen LogP contribution is 2.22. The predicted octanol–water partition coefficient (Wildman–Crippen LogP) is 3.05. The molecule has 1 aromatic carbocycles. The third-order valence-corrected chi connectivity index (χ3v) is 4.00. The van der Waals surface area contributed by atoms with Crippen LogP contribution < -0.4 is 10.6 Å². The number of halogens is 1. The number of hydrogen-bond acceptors (Lipinski definition) is 2. The first kappa shape index (κ1) is 14.4. The Morgan fingerprint density at radius 2 is 2.05 bits per heavy atom. The van der Waals surface area contributed by atoms with Crippen LogP contribution in [0.25, 0.3) is 0 Å². The molecule has 0 spiro atoms. The summed E-state index contributed by atoms with van der Waals surface area (Å²) in [6, 6.07) is 8.06. The summed E-state index contributed by atoms with van der Waals surface area (Å²) in [7, 11) is 0. The smallest absolute Gasteiger partial charge is 0.234 e. The van der Waals surface area contributed by atoms with Gasteiger partial charge in [-0.15, -0.1) is 0 Å². The van der Waals surface area contributed by atoms with Gasteiger partial charge in [-0.1, -0.05) is 42.6 Å². The molecule has 0 radical (unpaired) electrons. The van der Waals surface area contributed by atoms with E-state index in [9.17, 15) is 4.79 Å². The van der Waals surface area contributed by atoms with Crippen LogP contribution in [0.1, 0.15) is 44.2 Å². The second-order valence-corrected chi connectivity index (χ2v) is 5.58. The third kappa shape index (κ3) is 4.22. The number of amides is 1. The lowest BCUT2D eigenvalue weighted by molar-refractivity contribution is -0.121. The van der Waals surface area contributed by atoms with Gasteiger partial charge >= 0.3 is 0 Å². The Kier molecular flexibility index (Phi) is 5.23.